The third kappa shape index (κ3) is 5.09. The molecular formula is C30H34O13. The summed E-state index contributed by atoms with van der Waals surface area (Å²) in [5.41, 5.74) is 1.28. The second kappa shape index (κ2) is 11.4. The Hall–Kier alpha value is -3.78. The molecule has 232 valence electrons. The van der Waals surface area contributed by atoms with E-state index in [1.807, 2.05) is 18.2 Å². The van der Waals surface area contributed by atoms with Crippen LogP contribution in [0.5, 0.6) is 28.7 Å². The first kappa shape index (κ1) is 29.3. The summed E-state index contributed by atoms with van der Waals surface area (Å²) < 4.78 is 40.9. The first-order valence-corrected chi connectivity index (χ1v) is 14.1. The zero-order valence-corrected chi connectivity index (χ0v) is 23.6. The molecule has 6 rings (SSSR count). The maximum absolute atomic E-state index is 11.7. The van der Waals surface area contributed by atoms with Crippen LogP contribution in [0.1, 0.15) is 55.3 Å². The SMILES string of the molecule is COc1ccc2c(c1OC)OC1c3ccc(OC4OC(COC(=O)CC(=O)O)C(O)C(O)C4O)cc3OC3(CCCC3)C21. The topological polar surface area (TPSA) is 180 Å². The van der Waals surface area contributed by atoms with E-state index in [1.54, 1.807) is 26.4 Å². The molecule has 3 aliphatic heterocycles. The summed E-state index contributed by atoms with van der Waals surface area (Å²) in [6.45, 7) is -0.554. The normalized spacial score (nSPS) is 29.8. The van der Waals surface area contributed by atoms with Crippen molar-refractivity contribution < 1.29 is 63.2 Å². The van der Waals surface area contributed by atoms with E-state index in [4.69, 9.17) is 38.3 Å². The average Bonchev–Trinajstić information content (AvgIpc) is 3.61. The molecule has 0 bridgehead atoms. The molecule has 7 atom stereocenters. The number of esters is 1. The molecule has 13 heteroatoms. The first-order chi connectivity index (χ1) is 20.7. The molecule has 2 aromatic carbocycles. The van der Waals surface area contributed by atoms with Gasteiger partial charge >= 0.3 is 11.9 Å². The predicted molar refractivity (Wildman–Crippen MR) is 144 cm³/mol. The number of hydrogen-bond acceptors (Lipinski definition) is 12. The fourth-order valence-corrected chi connectivity index (χ4v) is 6.66. The Labute approximate surface area is 246 Å². The van der Waals surface area contributed by atoms with E-state index in [1.165, 1.54) is 0 Å². The van der Waals surface area contributed by atoms with Crippen LogP contribution in [0.3, 0.4) is 0 Å². The minimum atomic E-state index is -1.68. The van der Waals surface area contributed by atoms with Gasteiger partial charge in [-0.3, -0.25) is 9.59 Å². The number of carboxylic acid groups (broad SMARTS) is 1. The molecule has 1 saturated heterocycles. The van der Waals surface area contributed by atoms with Crippen molar-refractivity contribution in [1.29, 1.82) is 0 Å². The quantitative estimate of drug-likeness (QED) is 0.254. The van der Waals surface area contributed by atoms with E-state index in [-0.39, 0.29) is 17.8 Å². The second-order valence-electron chi connectivity index (χ2n) is 11.2. The van der Waals surface area contributed by atoms with Crippen molar-refractivity contribution in [3.8, 4) is 28.7 Å². The molecule has 0 radical (unpaired) electrons. The average molecular weight is 603 g/mol. The molecular weight excluding hydrogens is 568 g/mol. The molecule has 2 fully saturated rings. The minimum absolute atomic E-state index is 0.0752. The van der Waals surface area contributed by atoms with Gasteiger partial charge in [-0.1, -0.05) is 6.07 Å². The van der Waals surface area contributed by atoms with Gasteiger partial charge in [-0.2, -0.15) is 0 Å². The van der Waals surface area contributed by atoms with E-state index in [9.17, 15) is 24.9 Å². The zero-order chi connectivity index (χ0) is 30.5. The number of aliphatic hydroxyl groups is 3. The number of ether oxygens (including phenoxy) is 7. The lowest BCUT2D eigenvalue weighted by Crippen LogP contribution is -2.60. The maximum atomic E-state index is 11.7. The van der Waals surface area contributed by atoms with Gasteiger partial charge < -0.3 is 53.6 Å². The van der Waals surface area contributed by atoms with Crippen LogP contribution in [0, 0.1) is 0 Å². The van der Waals surface area contributed by atoms with Crippen LogP contribution in [0.15, 0.2) is 30.3 Å². The summed E-state index contributed by atoms with van der Waals surface area (Å²) in [5, 5.41) is 40.1. The van der Waals surface area contributed by atoms with Crippen molar-refractivity contribution in [2.45, 2.75) is 80.4 Å². The molecule has 13 nitrogen and oxygen atoms in total. The predicted octanol–water partition coefficient (Wildman–Crippen LogP) is 1.83. The highest BCUT2D eigenvalue weighted by molar-refractivity contribution is 5.90. The smallest absolute Gasteiger partial charge is 0.317 e. The van der Waals surface area contributed by atoms with Gasteiger partial charge in [0.1, 0.15) is 60.6 Å². The Morgan fingerprint density at radius 1 is 0.977 bits per heavy atom. The van der Waals surface area contributed by atoms with E-state index in [0.29, 0.717) is 23.0 Å². The highest BCUT2D eigenvalue weighted by atomic mass is 16.7. The lowest BCUT2D eigenvalue weighted by molar-refractivity contribution is -0.278. The van der Waals surface area contributed by atoms with Gasteiger partial charge in [-0.05, 0) is 43.9 Å². The molecule has 0 aromatic heterocycles. The standard InChI is InChI=1S/C30H34O13/c1-37-17-8-7-16-22-26(42-27(16)28(17)38-2)15-6-5-14(11-18(15)43-30(22)9-3-4-10-30)40-29-25(36)24(35)23(34)19(41-29)13-39-21(33)12-20(31)32/h5-8,11,19,22-26,29,34-36H,3-4,9-10,12-13H2,1-2H3,(H,31,32). The van der Waals surface area contributed by atoms with Crippen LogP contribution in [0.25, 0.3) is 0 Å². The zero-order valence-electron chi connectivity index (χ0n) is 23.6. The molecule has 43 heavy (non-hydrogen) atoms. The maximum Gasteiger partial charge on any atom is 0.317 e. The van der Waals surface area contributed by atoms with Crippen LogP contribution < -0.4 is 23.7 Å². The van der Waals surface area contributed by atoms with Gasteiger partial charge in [-0.25, -0.2) is 0 Å². The number of carboxylic acids is 1. The Balaban J connectivity index is 1.25. The van der Waals surface area contributed by atoms with Crippen molar-refractivity contribution in [3.05, 3.63) is 41.5 Å². The Morgan fingerprint density at radius 3 is 2.42 bits per heavy atom. The number of hydrogen-bond donors (Lipinski definition) is 4. The van der Waals surface area contributed by atoms with Gasteiger partial charge in [0.05, 0.1) is 20.1 Å². The largest absolute Gasteiger partial charge is 0.493 e. The fourth-order valence-electron chi connectivity index (χ4n) is 6.66. The minimum Gasteiger partial charge on any atom is -0.493 e. The monoisotopic (exact) mass is 602 g/mol. The van der Waals surface area contributed by atoms with Gasteiger partial charge in [0.25, 0.3) is 0 Å². The molecule has 1 saturated carbocycles. The molecule has 3 heterocycles. The summed E-state index contributed by atoms with van der Waals surface area (Å²) >= 11 is 0. The van der Waals surface area contributed by atoms with Crippen molar-refractivity contribution in [1.82, 2.24) is 0 Å². The van der Waals surface area contributed by atoms with E-state index in [0.717, 1.165) is 36.8 Å². The summed E-state index contributed by atoms with van der Waals surface area (Å²) in [6, 6.07) is 9.02. The third-order valence-corrected chi connectivity index (χ3v) is 8.66. The second-order valence-corrected chi connectivity index (χ2v) is 11.2. The van der Waals surface area contributed by atoms with Crippen LogP contribution in [-0.2, 0) is 19.1 Å². The summed E-state index contributed by atoms with van der Waals surface area (Å²) in [6.07, 6.45) is -5.25. The molecule has 7 unspecified atom stereocenters. The lowest BCUT2D eigenvalue weighted by atomic mass is 9.74. The van der Waals surface area contributed by atoms with Crippen LogP contribution in [0.2, 0.25) is 0 Å². The van der Waals surface area contributed by atoms with Gasteiger partial charge in [0.2, 0.25) is 12.0 Å². The van der Waals surface area contributed by atoms with E-state index in [2.05, 4.69) is 0 Å². The number of carbonyl (C=O) groups is 2. The number of fused-ring (bicyclic) bond motifs is 6. The first-order valence-electron chi connectivity index (χ1n) is 14.1. The Morgan fingerprint density at radius 2 is 1.72 bits per heavy atom. The van der Waals surface area contributed by atoms with Crippen molar-refractivity contribution in [3.63, 3.8) is 0 Å². The van der Waals surface area contributed by atoms with Crippen molar-refractivity contribution >= 4 is 11.9 Å². The summed E-state index contributed by atoms with van der Waals surface area (Å²) in [5.74, 6) is 0.0291. The van der Waals surface area contributed by atoms with Crippen molar-refractivity contribution in [2.24, 2.45) is 0 Å². The molecule has 0 amide bonds. The van der Waals surface area contributed by atoms with Crippen molar-refractivity contribution in [2.75, 3.05) is 20.8 Å². The molecule has 4 aliphatic rings. The van der Waals surface area contributed by atoms with Gasteiger partial charge in [-0.15, -0.1) is 0 Å². The highest BCUT2D eigenvalue weighted by Gasteiger charge is 2.57. The molecule has 1 spiro atoms. The molecule has 2 aromatic rings. The number of methoxy groups -OCH3 is 2. The number of carbonyl (C=O) groups excluding carboxylic acids is 1. The fraction of sp³-hybridized carbons (Fsp3) is 0.533. The number of aliphatic carboxylic acids is 1. The third-order valence-electron chi connectivity index (χ3n) is 8.66. The molecule has 1 aliphatic carbocycles. The van der Waals surface area contributed by atoms with Gasteiger partial charge in [0, 0.05) is 17.2 Å². The highest BCUT2D eigenvalue weighted by Crippen LogP contribution is 2.64. The lowest BCUT2D eigenvalue weighted by Gasteiger charge is -2.43. The number of aliphatic hydroxyl groups excluding tert-OH is 3. The summed E-state index contributed by atoms with van der Waals surface area (Å²) in [4.78, 5) is 22.4. The summed E-state index contributed by atoms with van der Waals surface area (Å²) in [7, 11) is 3.15. The Bertz CT molecular complexity index is 1390. The Kier molecular flexibility index (Phi) is 7.75. The van der Waals surface area contributed by atoms with Gasteiger partial charge in [0.15, 0.2) is 11.5 Å². The van der Waals surface area contributed by atoms with E-state index < -0.39 is 61.3 Å². The number of rotatable bonds is 8. The van der Waals surface area contributed by atoms with E-state index >= 15 is 0 Å². The van der Waals surface area contributed by atoms with Crippen LogP contribution >= 0.6 is 0 Å². The van der Waals surface area contributed by atoms with Crippen LogP contribution in [0.4, 0.5) is 0 Å². The number of benzene rings is 2. The van der Waals surface area contributed by atoms with Crippen LogP contribution in [-0.4, -0.2) is 89.5 Å². The molecule has 4 N–H and O–H groups in total.